The lowest BCUT2D eigenvalue weighted by Crippen LogP contribution is -2.43. The molecule has 2 atom stereocenters. The van der Waals surface area contributed by atoms with Crippen molar-refractivity contribution in [2.75, 3.05) is 32.1 Å². The van der Waals surface area contributed by atoms with Gasteiger partial charge in [-0.15, -0.1) is 0 Å². The Morgan fingerprint density at radius 3 is 2.76 bits per heavy atom. The zero-order valence-electron chi connectivity index (χ0n) is 19.9. The normalized spacial score (nSPS) is 15.5. The summed E-state index contributed by atoms with van der Waals surface area (Å²) in [5, 5.41) is 5.42. The van der Waals surface area contributed by atoms with E-state index in [0.717, 1.165) is 41.1 Å². The van der Waals surface area contributed by atoms with Gasteiger partial charge in [0.05, 0.1) is 17.7 Å². The number of carbonyl (C=O) groups is 1. The minimum Gasteiger partial charge on any atom is -0.493 e. The van der Waals surface area contributed by atoms with Crippen molar-refractivity contribution in [1.29, 1.82) is 0 Å². The molecule has 0 aromatic heterocycles. The van der Waals surface area contributed by atoms with Gasteiger partial charge >= 0.3 is 6.03 Å². The molecule has 0 fully saturated rings. The van der Waals surface area contributed by atoms with Crippen molar-refractivity contribution in [3.05, 3.63) is 59.2 Å². The quantitative estimate of drug-likeness (QED) is 0.419. The van der Waals surface area contributed by atoms with Crippen molar-refractivity contribution < 1.29 is 9.53 Å². The molecule has 178 valence electrons. The first-order valence-corrected chi connectivity index (χ1v) is 12.1. The van der Waals surface area contributed by atoms with Gasteiger partial charge < -0.3 is 31.7 Å². The molecule has 8 heteroatoms. The fourth-order valence-electron chi connectivity index (χ4n) is 3.77. The Balaban J connectivity index is 1.58. The van der Waals surface area contributed by atoms with Gasteiger partial charge in [0.15, 0.2) is 0 Å². The van der Waals surface area contributed by atoms with Gasteiger partial charge in [-0.2, -0.15) is 0 Å². The van der Waals surface area contributed by atoms with Gasteiger partial charge in [0.25, 0.3) is 0 Å². The molecule has 2 amide bonds. The van der Waals surface area contributed by atoms with Gasteiger partial charge in [-0.1, -0.05) is 35.5 Å². The first kappa shape index (κ1) is 24.8. The Bertz CT molecular complexity index is 1010. The van der Waals surface area contributed by atoms with E-state index in [9.17, 15) is 4.79 Å². The molecule has 0 aliphatic carbocycles. The lowest BCUT2D eigenvalue weighted by Gasteiger charge is -2.27. The molecule has 7 nitrogen and oxygen atoms in total. The summed E-state index contributed by atoms with van der Waals surface area (Å²) in [5.41, 5.74) is 18.2. The lowest BCUT2D eigenvalue weighted by atomic mass is 10.0. The highest BCUT2D eigenvalue weighted by Crippen LogP contribution is 2.45. The molecule has 2 unspecified atom stereocenters. The second-order valence-electron chi connectivity index (χ2n) is 8.44. The van der Waals surface area contributed by atoms with Gasteiger partial charge in [0.2, 0.25) is 0 Å². The maximum Gasteiger partial charge on any atom is 0.314 e. The van der Waals surface area contributed by atoms with Crippen molar-refractivity contribution >= 4 is 29.2 Å². The van der Waals surface area contributed by atoms with E-state index in [2.05, 4.69) is 46.8 Å². The highest BCUT2D eigenvalue weighted by atomic mass is 32.2. The number of fused-ring (bicyclic) bond motifs is 1. The first-order valence-electron chi connectivity index (χ1n) is 11.2. The largest absolute Gasteiger partial charge is 0.493 e. The van der Waals surface area contributed by atoms with Crippen LogP contribution in [0, 0.1) is 0 Å². The molecular formula is C25H35N5O2S. The van der Waals surface area contributed by atoms with E-state index in [1.54, 1.807) is 18.8 Å². The fraction of sp³-hybridized carbons (Fsp3) is 0.400. The van der Waals surface area contributed by atoms with Crippen LogP contribution in [0.25, 0.3) is 5.70 Å². The zero-order valence-corrected chi connectivity index (χ0v) is 20.7. The third-order valence-electron chi connectivity index (χ3n) is 5.66. The Labute approximate surface area is 200 Å². The van der Waals surface area contributed by atoms with Gasteiger partial charge in [0.1, 0.15) is 5.75 Å². The van der Waals surface area contributed by atoms with Crippen LogP contribution in [-0.2, 0) is 6.42 Å². The molecule has 6 N–H and O–H groups in total. The summed E-state index contributed by atoms with van der Waals surface area (Å²) in [6.07, 6.45) is 1.50. The molecule has 0 bridgehead atoms. The van der Waals surface area contributed by atoms with Gasteiger partial charge in [0, 0.05) is 37.3 Å². The summed E-state index contributed by atoms with van der Waals surface area (Å²) < 4.78 is 5.88. The molecule has 3 rings (SSSR count). The van der Waals surface area contributed by atoms with Crippen LogP contribution < -0.4 is 31.7 Å². The third-order valence-corrected chi connectivity index (χ3v) is 7.15. The fourth-order valence-corrected chi connectivity index (χ4v) is 5.09. The number of rotatable bonds is 9. The highest BCUT2D eigenvalue weighted by molar-refractivity contribution is 8.00. The van der Waals surface area contributed by atoms with Crippen LogP contribution in [0.4, 0.5) is 10.5 Å². The van der Waals surface area contributed by atoms with Crippen molar-refractivity contribution in [2.45, 2.75) is 43.0 Å². The van der Waals surface area contributed by atoms with E-state index in [4.69, 9.17) is 16.2 Å². The topological polar surface area (TPSA) is 106 Å². The molecule has 1 aliphatic rings. The molecule has 33 heavy (non-hydrogen) atoms. The van der Waals surface area contributed by atoms with Crippen molar-refractivity contribution in [3.8, 4) is 5.75 Å². The number of anilines is 1. The van der Waals surface area contributed by atoms with Gasteiger partial charge in [-0.05, 0) is 62.1 Å². The van der Waals surface area contributed by atoms with E-state index in [-0.39, 0.29) is 17.4 Å². The summed E-state index contributed by atoms with van der Waals surface area (Å²) in [6.45, 7) is 5.15. The minimum absolute atomic E-state index is 0.0456. The molecule has 2 aromatic carbocycles. The predicted molar refractivity (Wildman–Crippen MR) is 138 cm³/mol. The van der Waals surface area contributed by atoms with E-state index >= 15 is 0 Å². The first-order chi connectivity index (χ1) is 15.8. The average molecular weight is 470 g/mol. The van der Waals surface area contributed by atoms with Crippen LogP contribution in [-0.4, -0.2) is 44.7 Å². The van der Waals surface area contributed by atoms with E-state index < -0.39 is 0 Å². The van der Waals surface area contributed by atoms with Crippen LogP contribution in [0.2, 0.25) is 0 Å². The second-order valence-corrected chi connectivity index (χ2v) is 9.60. The summed E-state index contributed by atoms with van der Waals surface area (Å²) in [7, 11) is 3.69. The van der Waals surface area contributed by atoms with Crippen LogP contribution in [0.15, 0.2) is 52.9 Å². The molecule has 1 heterocycles. The number of allylic oxidation sites excluding steroid dienone is 1. The summed E-state index contributed by atoms with van der Waals surface area (Å²) in [4.78, 5) is 14.6. The summed E-state index contributed by atoms with van der Waals surface area (Å²) >= 11 is 1.77. The highest BCUT2D eigenvalue weighted by Gasteiger charge is 2.32. The molecule has 1 aliphatic heterocycles. The van der Waals surface area contributed by atoms with E-state index in [0.29, 0.717) is 13.2 Å². The minimum atomic E-state index is -0.179. The number of nitrogens with zero attached hydrogens (tertiary/aromatic N) is 1. The number of ether oxygens (including phenoxy) is 1. The number of hydrogen-bond donors (Lipinski definition) is 4. The summed E-state index contributed by atoms with van der Waals surface area (Å²) in [6, 6.07) is 14.3. The number of amides is 2. The van der Waals surface area contributed by atoms with Crippen LogP contribution >= 0.6 is 11.8 Å². The molecular weight excluding hydrogens is 434 g/mol. The molecule has 2 aromatic rings. The Hall–Kier alpha value is -2.84. The van der Waals surface area contributed by atoms with Crippen LogP contribution in [0.1, 0.15) is 31.4 Å². The SMILES string of the molecule is CNC(=O)NCCCOc1ccc2c(c1)SC(C(N)Cc1cccc(C(N)=C(C)C)c1)N2C. The standard InChI is InChI=1S/C25H35N5O2S/c1-16(2)23(27)18-8-5-7-17(13-18)14-20(26)24-30(4)21-10-9-19(15-22(21)33-24)32-12-6-11-29-25(31)28-3/h5,7-10,13,15,20,24H,6,11-12,14,26-27H2,1-4H3,(H2,28,29,31). The maximum atomic E-state index is 11.2. The average Bonchev–Trinajstić information content (AvgIpc) is 3.14. The Morgan fingerprint density at radius 1 is 1.24 bits per heavy atom. The third kappa shape index (κ3) is 6.36. The Kier molecular flexibility index (Phi) is 8.52. The number of nitrogens with one attached hydrogen (secondary N) is 2. The monoisotopic (exact) mass is 469 g/mol. The number of nitrogens with two attached hydrogens (primary N) is 2. The second kappa shape index (κ2) is 11.3. The van der Waals surface area contributed by atoms with Crippen molar-refractivity contribution in [3.63, 3.8) is 0 Å². The molecule has 0 spiro atoms. The number of carbonyl (C=O) groups excluding carboxylic acids is 1. The predicted octanol–water partition coefficient (Wildman–Crippen LogP) is 3.53. The number of likely N-dealkylation sites (N-methyl/N-ethyl adjacent to an activating group) is 1. The lowest BCUT2D eigenvalue weighted by molar-refractivity contribution is 0.241. The van der Waals surface area contributed by atoms with Crippen molar-refractivity contribution in [1.82, 2.24) is 10.6 Å². The molecule has 0 radical (unpaired) electrons. The van der Waals surface area contributed by atoms with Crippen LogP contribution in [0.5, 0.6) is 5.75 Å². The number of urea groups is 1. The van der Waals surface area contributed by atoms with Crippen molar-refractivity contribution in [2.24, 2.45) is 11.5 Å². The Morgan fingerprint density at radius 2 is 2.03 bits per heavy atom. The summed E-state index contributed by atoms with van der Waals surface area (Å²) in [5.74, 6) is 0.828. The van der Waals surface area contributed by atoms with E-state index in [1.165, 1.54) is 10.5 Å². The zero-order chi connectivity index (χ0) is 24.0. The number of hydrogen-bond acceptors (Lipinski definition) is 6. The van der Waals surface area contributed by atoms with Gasteiger partial charge in [-0.3, -0.25) is 0 Å². The molecule has 0 saturated carbocycles. The van der Waals surface area contributed by atoms with Crippen LogP contribution in [0.3, 0.4) is 0 Å². The maximum absolute atomic E-state index is 11.2. The van der Waals surface area contributed by atoms with E-state index in [1.807, 2.05) is 32.0 Å². The number of thioether (sulfide) groups is 1. The van der Waals surface area contributed by atoms with Gasteiger partial charge in [-0.25, -0.2) is 4.79 Å². The number of benzene rings is 2. The molecule has 0 saturated heterocycles. The smallest absolute Gasteiger partial charge is 0.314 e.